The molecular formula is C14H17ClFN. The van der Waals surface area contributed by atoms with Crippen LogP contribution >= 0.6 is 11.6 Å². The molecule has 2 aliphatic rings. The maximum absolute atomic E-state index is 13.8. The smallest absolute Gasteiger partial charge is 0.144 e. The van der Waals surface area contributed by atoms with E-state index in [9.17, 15) is 4.39 Å². The molecule has 1 nitrogen and oxygen atoms in total. The van der Waals surface area contributed by atoms with Gasteiger partial charge in [0.05, 0.1) is 5.02 Å². The van der Waals surface area contributed by atoms with Crippen LogP contribution < -0.4 is 5.32 Å². The van der Waals surface area contributed by atoms with Gasteiger partial charge < -0.3 is 5.32 Å². The van der Waals surface area contributed by atoms with Crippen molar-refractivity contribution in [3.8, 4) is 0 Å². The van der Waals surface area contributed by atoms with Crippen LogP contribution in [-0.4, -0.2) is 12.6 Å². The van der Waals surface area contributed by atoms with Crippen molar-refractivity contribution in [3.63, 3.8) is 0 Å². The minimum absolute atomic E-state index is 0.230. The minimum Gasteiger partial charge on any atom is -0.313 e. The Hall–Kier alpha value is -0.600. The first-order valence-electron chi connectivity index (χ1n) is 6.35. The van der Waals surface area contributed by atoms with Crippen molar-refractivity contribution in [3.05, 3.63) is 34.6 Å². The van der Waals surface area contributed by atoms with Gasteiger partial charge in [0.25, 0.3) is 0 Å². The predicted octanol–water partition coefficient (Wildman–Crippen LogP) is 3.55. The summed E-state index contributed by atoms with van der Waals surface area (Å²) in [5.74, 6) is -0.230. The van der Waals surface area contributed by atoms with E-state index >= 15 is 0 Å². The van der Waals surface area contributed by atoms with E-state index in [1.165, 1.54) is 25.7 Å². The summed E-state index contributed by atoms with van der Waals surface area (Å²) in [5, 5.41) is 3.80. The van der Waals surface area contributed by atoms with Crippen LogP contribution in [0, 0.1) is 11.2 Å². The van der Waals surface area contributed by atoms with Crippen LogP contribution in [0.3, 0.4) is 0 Å². The van der Waals surface area contributed by atoms with E-state index in [1.54, 1.807) is 6.07 Å². The molecule has 2 saturated carbocycles. The molecule has 92 valence electrons. The van der Waals surface area contributed by atoms with Gasteiger partial charge in [0.1, 0.15) is 5.82 Å². The summed E-state index contributed by atoms with van der Waals surface area (Å²) in [6.45, 7) is 1.03. The summed E-state index contributed by atoms with van der Waals surface area (Å²) in [7, 11) is 0. The Morgan fingerprint density at radius 1 is 1.35 bits per heavy atom. The van der Waals surface area contributed by atoms with Crippen molar-refractivity contribution in [1.29, 1.82) is 0 Å². The van der Waals surface area contributed by atoms with E-state index < -0.39 is 0 Å². The summed E-state index contributed by atoms with van der Waals surface area (Å²) in [5.41, 5.74) is 1.07. The van der Waals surface area contributed by atoms with Gasteiger partial charge in [0, 0.05) is 12.6 Å². The zero-order valence-electron chi connectivity index (χ0n) is 9.81. The van der Waals surface area contributed by atoms with Crippen molar-refractivity contribution in [1.82, 2.24) is 5.32 Å². The molecule has 3 rings (SSSR count). The van der Waals surface area contributed by atoms with Gasteiger partial charge >= 0.3 is 0 Å². The highest BCUT2D eigenvalue weighted by Gasteiger charge is 2.43. The number of rotatable bonds is 5. The number of benzene rings is 1. The Labute approximate surface area is 106 Å². The van der Waals surface area contributed by atoms with Crippen LogP contribution in [-0.2, 0) is 6.42 Å². The standard InChI is InChI=1S/C14H17ClFN/c15-12-3-1-2-10(13(12)16)8-14(6-7-14)9-17-11-4-5-11/h1-3,11,17H,4-9H2. The molecule has 2 aliphatic carbocycles. The molecule has 0 radical (unpaired) electrons. The van der Waals surface area contributed by atoms with Gasteiger partial charge in [-0.1, -0.05) is 23.7 Å². The number of hydrogen-bond donors (Lipinski definition) is 1. The number of nitrogens with one attached hydrogen (secondary N) is 1. The average Bonchev–Trinajstić information content (AvgIpc) is 3.18. The lowest BCUT2D eigenvalue weighted by Gasteiger charge is -2.16. The molecular weight excluding hydrogens is 237 g/mol. The Balaban J connectivity index is 1.66. The van der Waals surface area contributed by atoms with Gasteiger partial charge in [-0.15, -0.1) is 0 Å². The highest BCUT2D eigenvalue weighted by Crippen LogP contribution is 2.48. The van der Waals surface area contributed by atoms with Gasteiger partial charge in [0.15, 0.2) is 0 Å². The normalized spacial score (nSPS) is 21.5. The highest BCUT2D eigenvalue weighted by molar-refractivity contribution is 6.30. The second-order valence-electron chi connectivity index (χ2n) is 5.54. The molecule has 1 aromatic carbocycles. The molecule has 0 heterocycles. The van der Waals surface area contributed by atoms with Crippen molar-refractivity contribution in [2.75, 3.05) is 6.54 Å². The van der Waals surface area contributed by atoms with Gasteiger partial charge in [-0.25, -0.2) is 4.39 Å². The minimum atomic E-state index is -0.230. The monoisotopic (exact) mass is 253 g/mol. The molecule has 0 unspecified atom stereocenters. The largest absolute Gasteiger partial charge is 0.313 e. The molecule has 0 aliphatic heterocycles. The van der Waals surface area contributed by atoms with Gasteiger partial charge in [-0.3, -0.25) is 0 Å². The fraction of sp³-hybridized carbons (Fsp3) is 0.571. The van der Waals surface area contributed by atoms with Crippen molar-refractivity contribution < 1.29 is 4.39 Å². The number of hydrogen-bond acceptors (Lipinski definition) is 1. The molecule has 0 aromatic heterocycles. The maximum Gasteiger partial charge on any atom is 0.144 e. The fourth-order valence-electron chi connectivity index (χ4n) is 2.33. The summed E-state index contributed by atoms with van der Waals surface area (Å²) >= 11 is 5.81. The molecule has 0 amide bonds. The van der Waals surface area contributed by atoms with E-state index in [4.69, 9.17) is 11.6 Å². The van der Waals surface area contributed by atoms with Crippen LogP contribution in [0.15, 0.2) is 18.2 Å². The Bertz CT molecular complexity index is 424. The van der Waals surface area contributed by atoms with E-state index in [0.717, 1.165) is 24.6 Å². The first kappa shape index (κ1) is 11.5. The molecule has 3 heteroatoms. The van der Waals surface area contributed by atoms with Crippen LogP contribution in [0.4, 0.5) is 4.39 Å². The fourth-order valence-corrected chi connectivity index (χ4v) is 2.52. The van der Waals surface area contributed by atoms with E-state index in [1.807, 2.05) is 12.1 Å². The van der Waals surface area contributed by atoms with Gasteiger partial charge in [0.2, 0.25) is 0 Å². The molecule has 0 saturated heterocycles. The van der Waals surface area contributed by atoms with Crippen molar-refractivity contribution in [2.45, 2.75) is 38.1 Å². The van der Waals surface area contributed by atoms with Gasteiger partial charge in [-0.05, 0) is 49.1 Å². The second kappa shape index (κ2) is 4.25. The lowest BCUT2D eigenvalue weighted by molar-refractivity contribution is 0.444. The quantitative estimate of drug-likeness (QED) is 0.846. The van der Waals surface area contributed by atoms with Crippen LogP contribution in [0.5, 0.6) is 0 Å². The maximum atomic E-state index is 13.8. The second-order valence-corrected chi connectivity index (χ2v) is 5.95. The van der Waals surface area contributed by atoms with E-state index in [2.05, 4.69) is 5.32 Å². The predicted molar refractivity (Wildman–Crippen MR) is 67.8 cm³/mol. The summed E-state index contributed by atoms with van der Waals surface area (Å²) in [6.07, 6.45) is 5.85. The third kappa shape index (κ3) is 2.63. The third-order valence-electron chi connectivity index (χ3n) is 3.90. The van der Waals surface area contributed by atoms with E-state index in [-0.39, 0.29) is 10.8 Å². The summed E-state index contributed by atoms with van der Waals surface area (Å²) in [4.78, 5) is 0. The SMILES string of the molecule is Fc1c(Cl)cccc1CC1(CNC2CC2)CC1. The molecule has 1 N–H and O–H groups in total. The lowest BCUT2D eigenvalue weighted by Crippen LogP contribution is -2.27. The van der Waals surface area contributed by atoms with Gasteiger partial charge in [-0.2, -0.15) is 0 Å². The zero-order chi connectivity index (χ0) is 11.9. The highest BCUT2D eigenvalue weighted by atomic mass is 35.5. The topological polar surface area (TPSA) is 12.0 Å². The molecule has 0 spiro atoms. The number of halogens is 2. The Morgan fingerprint density at radius 3 is 2.76 bits per heavy atom. The zero-order valence-corrected chi connectivity index (χ0v) is 10.6. The molecule has 2 fully saturated rings. The van der Waals surface area contributed by atoms with Crippen LogP contribution in [0.2, 0.25) is 5.02 Å². The van der Waals surface area contributed by atoms with Crippen molar-refractivity contribution >= 4 is 11.6 Å². The molecule has 0 atom stereocenters. The Kier molecular flexibility index (Phi) is 2.87. The first-order chi connectivity index (χ1) is 8.19. The third-order valence-corrected chi connectivity index (χ3v) is 4.19. The lowest BCUT2D eigenvalue weighted by atomic mass is 9.96. The van der Waals surface area contributed by atoms with Crippen LogP contribution in [0.1, 0.15) is 31.2 Å². The Morgan fingerprint density at radius 2 is 2.12 bits per heavy atom. The average molecular weight is 254 g/mol. The first-order valence-corrected chi connectivity index (χ1v) is 6.73. The summed E-state index contributed by atoms with van der Waals surface area (Å²) < 4.78 is 13.8. The van der Waals surface area contributed by atoms with Crippen molar-refractivity contribution in [2.24, 2.45) is 5.41 Å². The molecule has 1 aromatic rings. The molecule has 0 bridgehead atoms. The van der Waals surface area contributed by atoms with E-state index in [0.29, 0.717) is 5.41 Å². The molecule has 17 heavy (non-hydrogen) atoms. The summed E-state index contributed by atoms with van der Waals surface area (Å²) in [6, 6.07) is 6.04. The van der Waals surface area contributed by atoms with Crippen LogP contribution in [0.25, 0.3) is 0 Å².